The monoisotopic (exact) mass is 517 g/mol. The first kappa shape index (κ1) is 26.5. The number of nitrogens with zero attached hydrogens (tertiary/aromatic N) is 3. The van der Waals surface area contributed by atoms with E-state index >= 15 is 0 Å². The van der Waals surface area contributed by atoms with E-state index in [2.05, 4.69) is 10.1 Å². The standard InChI is InChI=1S/C27H30F3N3O4/c1-26(2,3)36-25(34)33-15-5-6-22(33)24-31-23(32-37-24)19-12-11-18(21(16-19)27(28,29)30)10-7-17-8-13-20(35-4)14-9-17/h8-9,11-14,16,22H,5-7,10,15H2,1-4H3/t22-/m0/s1. The summed E-state index contributed by atoms with van der Waals surface area (Å²) in [6, 6.07) is 10.8. The smallest absolute Gasteiger partial charge is 0.416 e. The van der Waals surface area contributed by atoms with Gasteiger partial charge in [-0.05, 0) is 75.8 Å². The number of halogens is 3. The molecule has 0 saturated carbocycles. The van der Waals surface area contributed by atoms with Gasteiger partial charge < -0.3 is 14.0 Å². The molecule has 0 spiro atoms. The zero-order chi connectivity index (χ0) is 26.8. The molecule has 1 amide bonds. The fourth-order valence-electron chi connectivity index (χ4n) is 4.32. The summed E-state index contributed by atoms with van der Waals surface area (Å²) >= 11 is 0. The van der Waals surface area contributed by atoms with Gasteiger partial charge in [0.15, 0.2) is 0 Å². The van der Waals surface area contributed by atoms with Gasteiger partial charge in [0.1, 0.15) is 17.4 Å². The molecular formula is C27H30F3N3O4. The summed E-state index contributed by atoms with van der Waals surface area (Å²) in [6.45, 7) is 5.80. The molecule has 10 heteroatoms. The number of carbonyl (C=O) groups excluding carboxylic acids is 1. The van der Waals surface area contributed by atoms with Crippen molar-refractivity contribution in [2.24, 2.45) is 0 Å². The van der Waals surface area contributed by atoms with Crippen molar-refractivity contribution in [2.75, 3.05) is 13.7 Å². The minimum absolute atomic E-state index is 0.0400. The van der Waals surface area contributed by atoms with Gasteiger partial charge in [-0.3, -0.25) is 4.90 Å². The summed E-state index contributed by atoms with van der Waals surface area (Å²) in [7, 11) is 1.56. The molecule has 0 bridgehead atoms. The first-order valence-electron chi connectivity index (χ1n) is 12.1. The van der Waals surface area contributed by atoms with Gasteiger partial charge in [0.05, 0.1) is 12.7 Å². The van der Waals surface area contributed by atoms with E-state index < -0.39 is 29.5 Å². The number of aryl methyl sites for hydroxylation is 2. The molecule has 1 aliphatic heterocycles. The van der Waals surface area contributed by atoms with E-state index in [1.54, 1.807) is 46.1 Å². The van der Waals surface area contributed by atoms with E-state index in [-0.39, 0.29) is 29.3 Å². The van der Waals surface area contributed by atoms with Gasteiger partial charge >= 0.3 is 12.3 Å². The van der Waals surface area contributed by atoms with Gasteiger partial charge in [-0.2, -0.15) is 18.2 Å². The maximum atomic E-state index is 14.0. The number of benzene rings is 2. The van der Waals surface area contributed by atoms with Crippen LogP contribution in [0.2, 0.25) is 0 Å². The van der Waals surface area contributed by atoms with Crippen LogP contribution in [0.15, 0.2) is 47.0 Å². The minimum Gasteiger partial charge on any atom is -0.497 e. The van der Waals surface area contributed by atoms with Gasteiger partial charge in [0.2, 0.25) is 11.7 Å². The molecule has 37 heavy (non-hydrogen) atoms. The van der Waals surface area contributed by atoms with E-state index in [1.165, 1.54) is 11.0 Å². The van der Waals surface area contributed by atoms with Gasteiger partial charge in [-0.15, -0.1) is 0 Å². The Morgan fingerprint density at radius 2 is 1.84 bits per heavy atom. The van der Waals surface area contributed by atoms with Crippen molar-refractivity contribution in [2.45, 2.75) is 64.3 Å². The van der Waals surface area contributed by atoms with Crippen LogP contribution in [0.1, 0.15) is 62.2 Å². The molecule has 1 aromatic heterocycles. The van der Waals surface area contributed by atoms with Crippen molar-refractivity contribution in [3.05, 3.63) is 65.0 Å². The third-order valence-corrected chi connectivity index (χ3v) is 6.12. The highest BCUT2D eigenvalue weighted by Gasteiger charge is 2.37. The van der Waals surface area contributed by atoms with Gasteiger partial charge in [0, 0.05) is 12.1 Å². The predicted molar refractivity (Wildman–Crippen MR) is 130 cm³/mol. The molecule has 0 aliphatic carbocycles. The van der Waals surface area contributed by atoms with Crippen LogP contribution in [0.5, 0.6) is 5.75 Å². The van der Waals surface area contributed by atoms with Gasteiger partial charge in [-0.1, -0.05) is 29.4 Å². The summed E-state index contributed by atoms with van der Waals surface area (Å²) in [4.78, 5) is 18.5. The van der Waals surface area contributed by atoms with E-state index in [1.807, 2.05) is 12.1 Å². The molecule has 3 aromatic rings. The summed E-state index contributed by atoms with van der Waals surface area (Å²) in [5, 5.41) is 3.92. The Bertz CT molecular complexity index is 1230. The Balaban J connectivity index is 1.54. The van der Waals surface area contributed by atoms with Crippen LogP contribution in [0.25, 0.3) is 11.4 Å². The molecule has 198 valence electrons. The van der Waals surface area contributed by atoms with Crippen molar-refractivity contribution in [1.29, 1.82) is 0 Å². The maximum Gasteiger partial charge on any atom is 0.416 e. The van der Waals surface area contributed by atoms with Crippen LogP contribution < -0.4 is 4.74 Å². The first-order chi connectivity index (χ1) is 17.4. The van der Waals surface area contributed by atoms with E-state index in [0.717, 1.165) is 18.1 Å². The highest BCUT2D eigenvalue weighted by molar-refractivity contribution is 5.69. The SMILES string of the molecule is COc1ccc(CCc2ccc(-c3noc([C@@H]4CCCN4C(=O)OC(C)(C)C)n3)cc2C(F)(F)F)cc1. The number of likely N-dealkylation sites (tertiary alicyclic amines) is 1. The van der Waals surface area contributed by atoms with Crippen molar-refractivity contribution in [3.63, 3.8) is 0 Å². The fraction of sp³-hybridized carbons (Fsp3) is 0.444. The molecule has 4 rings (SSSR count). The van der Waals surface area contributed by atoms with Crippen LogP contribution in [-0.4, -0.2) is 40.4 Å². The predicted octanol–water partition coefficient (Wildman–Crippen LogP) is 6.62. The Kier molecular flexibility index (Phi) is 7.47. The summed E-state index contributed by atoms with van der Waals surface area (Å²) < 4.78 is 57.9. The van der Waals surface area contributed by atoms with Crippen LogP contribution in [0.3, 0.4) is 0 Å². The van der Waals surface area contributed by atoms with Gasteiger partial charge in [-0.25, -0.2) is 4.79 Å². The molecule has 2 aromatic carbocycles. The third-order valence-electron chi connectivity index (χ3n) is 6.12. The Morgan fingerprint density at radius 3 is 2.49 bits per heavy atom. The summed E-state index contributed by atoms with van der Waals surface area (Å²) in [6.07, 6.45) is -3.05. The molecule has 1 atom stereocenters. The average molecular weight is 518 g/mol. The number of alkyl halides is 3. The van der Waals surface area contributed by atoms with Crippen molar-refractivity contribution >= 4 is 6.09 Å². The summed E-state index contributed by atoms with van der Waals surface area (Å²) in [5.41, 5.74) is -0.110. The molecule has 0 unspecified atom stereocenters. The topological polar surface area (TPSA) is 77.7 Å². The van der Waals surface area contributed by atoms with Crippen LogP contribution >= 0.6 is 0 Å². The Labute approximate surface area is 213 Å². The van der Waals surface area contributed by atoms with Gasteiger partial charge in [0.25, 0.3) is 0 Å². The molecular weight excluding hydrogens is 487 g/mol. The van der Waals surface area contributed by atoms with Crippen LogP contribution in [0, 0.1) is 0 Å². The Morgan fingerprint density at radius 1 is 1.11 bits per heavy atom. The van der Waals surface area contributed by atoms with Crippen LogP contribution in [0.4, 0.5) is 18.0 Å². The molecule has 1 saturated heterocycles. The quantitative estimate of drug-likeness (QED) is 0.366. The lowest BCUT2D eigenvalue weighted by atomic mass is 9.97. The number of amides is 1. The number of aromatic nitrogens is 2. The third kappa shape index (κ3) is 6.42. The normalized spacial score (nSPS) is 16.2. The maximum absolute atomic E-state index is 14.0. The molecule has 0 radical (unpaired) electrons. The Hall–Kier alpha value is -3.56. The number of ether oxygens (including phenoxy) is 2. The number of methoxy groups -OCH3 is 1. The molecule has 1 aliphatic rings. The molecule has 7 nitrogen and oxygen atoms in total. The second kappa shape index (κ2) is 10.4. The van der Waals surface area contributed by atoms with Crippen molar-refractivity contribution in [1.82, 2.24) is 15.0 Å². The van der Waals surface area contributed by atoms with E-state index in [9.17, 15) is 18.0 Å². The first-order valence-corrected chi connectivity index (χ1v) is 12.1. The minimum atomic E-state index is -4.54. The summed E-state index contributed by atoms with van der Waals surface area (Å²) in [5.74, 6) is 0.907. The largest absolute Gasteiger partial charge is 0.497 e. The average Bonchev–Trinajstić information content (AvgIpc) is 3.51. The number of hydrogen-bond acceptors (Lipinski definition) is 6. The van der Waals surface area contributed by atoms with Crippen molar-refractivity contribution < 1.29 is 32.0 Å². The molecule has 1 fully saturated rings. The number of carbonyl (C=O) groups is 1. The highest BCUT2D eigenvalue weighted by atomic mass is 19.4. The lowest BCUT2D eigenvalue weighted by Gasteiger charge is -2.26. The second-order valence-electron chi connectivity index (χ2n) is 10.0. The fourth-order valence-corrected chi connectivity index (χ4v) is 4.32. The van der Waals surface area contributed by atoms with E-state index in [4.69, 9.17) is 14.0 Å². The zero-order valence-electron chi connectivity index (χ0n) is 21.3. The lowest BCUT2D eigenvalue weighted by molar-refractivity contribution is -0.138. The van der Waals surface area contributed by atoms with Crippen molar-refractivity contribution in [3.8, 4) is 17.1 Å². The highest BCUT2D eigenvalue weighted by Crippen LogP contribution is 2.37. The second-order valence-corrected chi connectivity index (χ2v) is 10.0. The van der Waals surface area contributed by atoms with E-state index in [0.29, 0.717) is 25.1 Å². The molecule has 0 N–H and O–H groups in total. The lowest BCUT2D eigenvalue weighted by Crippen LogP contribution is -2.36. The number of rotatable bonds is 6. The molecule has 2 heterocycles. The zero-order valence-corrected chi connectivity index (χ0v) is 21.3. The van der Waals surface area contributed by atoms with Crippen LogP contribution in [-0.2, 0) is 23.8 Å². The number of hydrogen-bond donors (Lipinski definition) is 0.